The number of aromatic nitrogens is 1. The molecule has 0 amide bonds. The molecule has 1 rings (SSSR count). The van der Waals surface area contributed by atoms with Crippen molar-refractivity contribution in [2.24, 2.45) is 5.73 Å². The summed E-state index contributed by atoms with van der Waals surface area (Å²) in [6.07, 6.45) is 4.37. The van der Waals surface area contributed by atoms with Gasteiger partial charge in [-0.25, -0.2) is 0 Å². The Morgan fingerprint density at radius 1 is 1.45 bits per heavy atom. The van der Waals surface area contributed by atoms with Gasteiger partial charge in [-0.2, -0.15) is 0 Å². The lowest BCUT2D eigenvalue weighted by molar-refractivity contribution is 1.02. The maximum absolute atomic E-state index is 5.39. The first-order chi connectivity index (χ1) is 5.34. The van der Waals surface area contributed by atoms with Gasteiger partial charge in [0, 0.05) is 12.4 Å². The Labute approximate surface area is 66.8 Å². The predicted octanol–water partition coefficient (Wildman–Crippen LogP) is 1.44. The fourth-order valence-electron chi connectivity index (χ4n) is 0.906. The highest BCUT2D eigenvalue weighted by Gasteiger charge is 1.94. The van der Waals surface area contributed by atoms with E-state index in [0.717, 1.165) is 17.6 Å². The van der Waals surface area contributed by atoms with E-state index in [2.05, 4.69) is 11.6 Å². The van der Waals surface area contributed by atoms with Crippen molar-refractivity contribution in [1.82, 2.24) is 4.98 Å². The van der Waals surface area contributed by atoms with E-state index in [-0.39, 0.29) is 0 Å². The first kappa shape index (κ1) is 7.95. The fourth-order valence-corrected chi connectivity index (χ4v) is 0.906. The third-order valence-electron chi connectivity index (χ3n) is 1.53. The summed E-state index contributed by atoms with van der Waals surface area (Å²) in [5.74, 6) is 0. The van der Waals surface area contributed by atoms with Crippen molar-refractivity contribution in [3.05, 3.63) is 36.7 Å². The molecule has 2 heteroatoms. The van der Waals surface area contributed by atoms with E-state index in [1.165, 1.54) is 0 Å². The number of hydrogen-bond donors (Lipinski definition) is 1. The molecule has 0 radical (unpaired) electrons. The smallest absolute Gasteiger partial charge is 0.0273 e. The summed E-state index contributed by atoms with van der Waals surface area (Å²) in [5.41, 5.74) is 7.60. The summed E-state index contributed by atoms with van der Waals surface area (Å²) in [7, 11) is 0. The Kier molecular flexibility index (Phi) is 2.81. The van der Waals surface area contributed by atoms with Crippen LogP contribution >= 0.6 is 0 Å². The molecule has 0 fully saturated rings. The zero-order chi connectivity index (χ0) is 8.10. The van der Waals surface area contributed by atoms with E-state index < -0.39 is 0 Å². The van der Waals surface area contributed by atoms with E-state index in [0.29, 0.717) is 6.54 Å². The monoisotopic (exact) mass is 148 g/mol. The Morgan fingerprint density at radius 2 is 2.09 bits per heavy atom. The van der Waals surface area contributed by atoms with Gasteiger partial charge in [-0.1, -0.05) is 6.58 Å². The minimum Gasteiger partial charge on any atom is -0.330 e. The molecule has 0 aliphatic heterocycles. The average Bonchev–Trinajstić information content (AvgIpc) is 2.07. The minimum absolute atomic E-state index is 0.654. The number of pyridine rings is 1. The van der Waals surface area contributed by atoms with Gasteiger partial charge in [0.05, 0.1) is 0 Å². The first-order valence-electron chi connectivity index (χ1n) is 3.63. The number of nitrogens with two attached hydrogens (primary N) is 1. The topological polar surface area (TPSA) is 38.9 Å². The van der Waals surface area contributed by atoms with Crippen LogP contribution in [0.1, 0.15) is 12.0 Å². The molecule has 0 unspecified atom stereocenters. The van der Waals surface area contributed by atoms with Crippen LogP contribution in [0.2, 0.25) is 0 Å². The zero-order valence-electron chi connectivity index (χ0n) is 6.46. The molecule has 2 N–H and O–H groups in total. The Balaban J connectivity index is 2.69. The zero-order valence-corrected chi connectivity index (χ0v) is 6.46. The molecule has 11 heavy (non-hydrogen) atoms. The largest absolute Gasteiger partial charge is 0.330 e. The molecular formula is C9H12N2. The van der Waals surface area contributed by atoms with Crippen LogP contribution in [0.15, 0.2) is 31.1 Å². The lowest BCUT2D eigenvalue weighted by atomic mass is 10.1. The number of nitrogens with zero attached hydrogens (tertiary/aromatic N) is 1. The minimum atomic E-state index is 0.654. The Morgan fingerprint density at radius 3 is 2.64 bits per heavy atom. The average molecular weight is 148 g/mol. The van der Waals surface area contributed by atoms with Crippen molar-refractivity contribution in [3.8, 4) is 0 Å². The highest BCUT2D eigenvalue weighted by Crippen LogP contribution is 2.12. The maximum atomic E-state index is 5.39. The summed E-state index contributed by atoms with van der Waals surface area (Å²) >= 11 is 0. The van der Waals surface area contributed by atoms with Gasteiger partial charge in [0.2, 0.25) is 0 Å². The normalized spacial score (nSPS) is 9.55. The van der Waals surface area contributed by atoms with Crippen molar-refractivity contribution in [2.75, 3.05) is 6.54 Å². The number of rotatable bonds is 3. The second-order valence-corrected chi connectivity index (χ2v) is 2.38. The van der Waals surface area contributed by atoms with Gasteiger partial charge in [0.1, 0.15) is 0 Å². The summed E-state index contributed by atoms with van der Waals surface area (Å²) < 4.78 is 0. The maximum Gasteiger partial charge on any atom is 0.0273 e. The molecule has 0 atom stereocenters. The van der Waals surface area contributed by atoms with Crippen LogP contribution in [0, 0.1) is 0 Å². The third-order valence-corrected chi connectivity index (χ3v) is 1.53. The SMILES string of the molecule is C=C(CCN)c1ccncc1. The molecule has 0 aromatic carbocycles. The summed E-state index contributed by atoms with van der Waals surface area (Å²) in [5, 5.41) is 0. The summed E-state index contributed by atoms with van der Waals surface area (Å²) in [4.78, 5) is 3.92. The Hall–Kier alpha value is -1.15. The van der Waals surface area contributed by atoms with Gasteiger partial charge in [0.15, 0.2) is 0 Å². The van der Waals surface area contributed by atoms with Gasteiger partial charge < -0.3 is 5.73 Å². The van der Waals surface area contributed by atoms with Crippen LogP contribution in [-0.2, 0) is 0 Å². The fraction of sp³-hybridized carbons (Fsp3) is 0.222. The number of hydrogen-bond acceptors (Lipinski definition) is 2. The highest BCUT2D eigenvalue weighted by atomic mass is 14.6. The van der Waals surface area contributed by atoms with Crippen molar-refractivity contribution in [2.45, 2.75) is 6.42 Å². The van der Waals surface area contributed by atoms with Crippen LogP contribution < -0.4 is 5.73 Å². The van der Waals surface area contributed by atoms with E-state index in [4.69, 9.17) is 5.73 Å². The van der Waals surface area contributed by atoms with Crippen molar-refractivity contribution >= 4 is 5.57 Å². The second kappa shape index (κ2) is 3.88. The molecule has 0 saturated heterocycles. The van der Waals surface area contributed by atoms with Crippen molar-refractivity contribution in [1.29, 1.82) is 0 Å². The van der Waals surface area contributed by atoms with Gasteiger partial charge in [0.25, 0.3) is 0 Å². The van der Waals surface area contributed by atoms with E-state index in [1.807, 2.05) is 12.1 Å². The lowest BCUT2D eigenvalue weighted by Gasteiger charge is -2.01. The molecule has 1 aromatic heterocycles. The van der Waals surface area contributed by atoms with Crippen LogP contribution in [0.5, 0.6) is 0 Å². The van der Waals surface area contributed by atoms with E-state index in [9.17, 15) is 0 Å². The molecule has 1 heterocycles. The molecule has 2 nitrogen and oxygen atoms in total. The van der Waals surface area contributed by atoms with Crippen LogP contribution in [0.3, 0.4) is 0 Å². The predicted molar refractivity (Wildman–Crippen MR) is 46.9 cm³/mol. The molecule has 0 aliphatic rings. The third kappa shape index (κ3) is 2.16. The molecule has 0 bridgehead atoms. The van der Waals surface area contributed by atoms with Gasteiger partial charge in [-0.15, -0.1) is 0 Å². The molecular weight excluding hydrogens is 136 g/mol. The van der Waals surface area contributed by atoms with Crippen LogP contribution in [0.25, 0.3) is 5.57 Å². The van der Waals surface area contributed by atoms with Crippen molar-refractivity contribution < 1.29 is 0 Å². The van der Waals surface area contributed by atoms with Gasteiger partial charge in [-0.05, 0) is 36.2 Å². The molecule has 0 spiro atoms. The quantitative estimate of drug-likeness (QED) is 0.704. The lowest BCUT2D eigenvalue weighted by Crippen LogP contribution is -1.99. The molecule has 0 aliphatic carbocycles. The standard InChI is InChI=1S/C9H12N2/c1-8(2-5-10)9-3-6-11-7-4-9/h3-4,6-7H,1-2,5,10H2. The first-order valence-corrected chi connectivity index (χ1v) is 3.63. The highest BCUT2D eigenvalue weighted by molar-refractivity contribution is 5.62. The second-order valence-electron chi connectivity index (χ2n) is 2.38. The molecule has 58 valence electrons. The van der Waals surface area contributed by atoms with Crippen LogP contribution in [0.4, 0.5) is 0 Å². The van der Waals surface area contributed by atoms with E-state index >= 15 is 0 Å². The summed E-state index contributed by atoms with van der Waals surface area (Å²) in [6, 6.07) is 3.88. The molecule has 1 aromatic rings. The Bertz CT molecular complexity index is 229. The van der Waals surface area contributed by atoms with Crippen molar-refractivity contribution in [3.63, 3.8) is 0 Å². The van der Waals surface area contributed by atoms with Crippen LogP contribution in [-0.4, -0.2) is 11.5 Å². The molecule has 0 saturated carbocycles. The summed E-state index contributed by atoms with van der Waals surface area (Å²) in [6.45, 7) is 4.56. The van der Waals surface area contributed by atoms with E-state index in [1.54, 1.807) is 12.4 Å². The van der Waals surface area contributed by atoms with Gasteiger partial charge in [-0.3, -0.25) is 4.98 Å². The van der Waals surface area contributed by atoms with Gasteiger partial charge >= 0.3 is 0 Å².